The first-order valence-corrected chi connectivity index (χ1v) is 9.31. The molecule has 2 aromatic heterocycles. The van der Waals surface area contributed by atoms with Gasteiger partial charge in [-0.3, -0.25) is 14.6 Å². The molecule has 136 valence electrons. The van der Waals surface area contributed by atoms with Gasteiger partial charge >= 0.3 is 0 Å². The van der Waals surface area contributed by atoms with Gasteiger partial charge in [0.05, 0.1) is 0 Å². The van der Waals surface area contributed by atoms with Gasteiger partial charge in [0.25, 0.3) is 11.8 Å². The molecule has 0 atom stereocenters. The minimum atomic E-state index is -0.345. The van der Waals surface area contributed by atoms with E-state index in [0.717, 1.165) is 16.0 Å². The molecule has 2 heterocycles. The number of carbonyl (C=O) groups excluding carboxylic acids is 2. The van der Waals surface area contributed by atoms with E-state index in [2.05, 4.69) is 15.6 Å². The number of amides is 2. The summed E-state index contributed by atoms with van der Waals surface area (Å²) in [5.74, 6) is -0.655. The molecule has 0 fully saturated rings. The predicted octanol–water partition coefficient (Wildman–Crippen LogP) is 3.54. The van der Waals surface area contributed by atoms with Gasteiger partial charge in [0.15, 0.2) is 0 Å². The Morgan fingerprint density at radius 3 is 2.56 bits per heavy atom. The van der Waals surface area contributed by atoms with Crippen LogP contribution in [0.2, 0.25) is 0 Å². The van der Waals surface area contributed by atoms with Crippen molar-refractivity contribution in [3.63, 3.8) is 0 Å². The fraction of sp³-hybridized carbons (Fsp3) is 0.0952. The maximum atomic E-state index is 12.7. The molecule has 0 saturated carbocycles. The lowest BCUT2D eigenvalue weighted by Gasteiger charge is -2.12. The number of benzene rings is 1. The zero-order chi connectivity index (χ0) is 19.1. The first kappa shape index (κ1) is 18.5. The van der Waals surface area contributed by atoms with E-state index < -0.39 is 0 Å². The minimum Gasteiger partial charge on any atom is -0.347 e. The first-order chi connectivity index (χ1) is 13.1. The lowest BCUT2D eigenvalue weighted by Crippen LogP contribution is -2.34. The van der Waals surface area contributed by atoms with Gasteiger partial charge in [0, 0.05) is 29.4 Å². The summed E-state index contributed by atoms with van der Waals surface area (Å²) in [4.78, 5) is 30.2. The molecule has 0 aliphatic rings. The van der Waals surface area contributed by atoms with Crippen LogP contribution in [0, 0.1) is 6.92 Å². The maximum absolute atomic E-state index is 12.7. The van der Waals surface area contributed by atoms with Crippen molar-refractivity contribution < 1.29 is 9.59 Å². The predicted molar refractivity (Wildman–Crippen MR) is 107 cm³/mol. The summed E-state index contributed by atoms with van der Waals surface area (Å²) in [6, 6.07) is 14.7. The highest BCUT2D eigenvalue weighted by atomic mass is 32.1. The number of hydrogen-bond acceptors (Lipinski definition) is 4. The van der Waals surface area contributed by atoms with Gasteiger partial charge in [-0.25, -0.2) is 0 Å². The Hall–Kier alpha value is -3.25. The van der Waals surface area contributed by atoms with Gasteiger partial charge in [0.2, 0.25) is 0 Å². The first-order valence-electron chi connectivity index (χ1n) is 8.43. The van der Waals surface area contributed by atoms with Crippen molar-refractivity contribution in [1.29, 1.82) is 0 Å². The van der Waals surface area contributed by atoms with Crippen molar-refractivity contribution in [3.05, 3.63) is 93.6 Å². The summed E-state index contributed by atoms with van der Waals surface area (Å²) < 4.78 is 0. The van der Waals surface area contributed by atoms with Crippen LogP contribution < -0.4 is 10.6 Å². The molecule has 0 radical (unpaired) electrons. The number of rotatable bonds is 6. The van der Waals surface area contributed by atoms with Crippen molar-refractivity contribution in [2.75, 3.05) is 0 Å². The highest BCUT2D eigenvalue weighted by molar-refractivity contribution is 7.10. The summed E-state index contributed by atoms with van der Waals surface area (Å²) in [7, 11) is 0. The van der Waals surface area contributed by atoms with Gasteiger partial charge in [-0.05, 0) is 53.8 Å². The van der Waals surface area contributed by atoms with Crippen LogP contribution in [0.4, 0.5) is 0 Å². The molecule has 0 aliphatic carbocycles. The Morgan fingerprint density at radius 1 is 1.07 bits per heavy atom. The quantitative estimate of drug-likeness (QED) is 0.646. The highest BCUT2D eigenvalue weighted by Gasteiger charge is 2.16. The third-order valence-corrected chi connectivity index (χ3v) is 4.73. The van der Waals surface area contributed by atoms with Crippen LogP contribution in [0.15, 0.2) is 72.0 Å². The number of hydrogen-bond donors (Lipinski definition) is 2. The summed E-state index contributed by atoms with van der Waals surface area (Å²) in [5.41, 5.74) is 2.53. The van der Waals surface area contributed by atoms with Crippen molar-refractivity contribution in [3.8, 4) is 0 Å². The lowest BCUT2D eigenvalue weighted by molar-refractivity contribution is -0.117. The summed E-state index contributed by atoms with van der Waals surface area (Å²) in [6.45, 7) is 2.21. The van der Waals surface area contributed by atoms with Gasteiger partial charge in [-0.1, -0.05) is 24.3 Å². The summed E-state index contributed by atoms with van der Waals surface area (Å²) >= 11 is 1.49. The molecular formula is C21H19N3O2S. The van der Waals surface area contributed by atoms with E-state index in [1.165, 1.54) is 11.3 Å². The Labute approximate surface area is 161 Å². The Kier molecular flexibility index (Phi) is 6.12. The van der Waals surface area contributed by atoms with Crippen molar-refractivity contribution >= 4 is 29.2 Å². The molecular weight excluding hydrogens is 358 g/mol. The van der Waals surface area contributed by atoms with E-state index in [9.17, 15) is 9.59 Å². The molecule has 27 heavy (non-hydrogen) atoms. The molecule has 0 saturated heterocycles. The summed E-state index contributed by atoms with van der Waals surface area (Å²) in [6.07, 6.45) is 5.02. The largest absolute Gasteiger partial charge is 0.347 e. The molecule has 0 aliphatic heterocycles. The maximum Gasteiger partial charge on any atom is 0.268 e. The zero-order valence-electron chi connectivity index (χ0n) is 14.8. The van der Waals surface area contributed by atoms with Crippen LogP contribution in [-0.4, -0.2) is 16.8 Å². The van der Waals surface area contributed by atoms with Gasteiger partial charge in [-0.2, -0.15) is 0 Å². The van der Waals surface area contributed by atoms with Gasteiger partial charge in [-0.15, -0.1) is 11.3 Å². The number of nitrogens with zero attached hydrogens (tertiary/aromatic N) is 1. The average molecular weight is 377 g/mol. The number of nitrogens with one attached hydrogen (secondary N) is 2. The second-order valence-electron chi connectivity index (χ2n) is 5.88. The van der Waals surface area contributed by atoms with Crippen LogP contribution >= 0.6 is 11.3 Å². The molecule has 6 heteroatoms. The topological polar surface area (TPSA) is 71.1 Å². The van der Waals surface area contributed by atoms with E-state index in [0.29, 0.717) is 12.1 Å². The second-order valence-corrected chi connectivity index (χ2v) is 6.86. The Morgan fingerprint density at radius 2 is 1.85 bits per heavy atom. The molecule has 1 aromatic carbocycles. The standard InChI is InChI=1S/C21H19N3O2S/c1-15-5-2-3-7-18(15)20(25)24-19(13-17-6-4-12-27-17)21(26)23-14-16-8-10-22-11-9-16/h2-13H,14H2,1H3,(H,23,26)(H,24,25)/b19-13-. The number of carbonyl (C=O) groups is 2. The monoisotopic (exact) mass is 377 g/mol. The molecule has 0 bridgehead atoms. The second kappa shape index (κ2) is 8.91. The van der Waals surface area contributed by atoms with Gasteiger partial charge in [0.1, 0.15) is 5.70 Å². The normalized spacial score (nSPS) is 11.1. The van der Waals surface area contributed by atoms with Gasteiger partial charge < -0.3 is 10.6 Å². The minimum absolute atomic E-state index is 0.208. The molecule has 3 aromatic rings. The van der Waals surface area contributed by atoms with Crippen molar-refractivity contribution in [2.24, 2.45) is 0 Å². The van der Waals surface area contributed by atoms with Crippen LogP contribution in [-0.2, 0) is 11.3 Å². The van der Waals surface area contributed by atoms with Crippen molar-refractivity contribution in [2.45, 2.75) is 13.5 Å². The SMILES string of the molecule is Cc1ccccc1C(=O)N/C(=C\c1cccs1)C(=O)NCc1ccncc1. The van der Waals surface area contributed by atoms with Crippen LogP contribution in [0.3, 0.4) is 0 Å². The third kappa shape index (κ3) is 5.12. The van der Waals surface area contributed by atoms with E-state index in [1.807, 2.05) is 48.7 Å². The number of pyridine rings is 1. The molecule has 3 rings (SSSR count). The molecule has 2 amide bonds. The van der Waals surface area contributed by atoms with Crippen molar-refractivity contribution in [1.82, 2.24) is 15.6 Å². The Bertz CT molecular complexity index is 951. The highest BCUT2D eigenvalue weighted by Crippen LogP contribution is 2.14. The average Bonchev–Trinajstić information content (AvgIpc) is 3.20. The summed E-state index contributed by atoms with van der Waals surface area (Å²) in [5, 5.41) is 7.51. The zero-order valence-corrected chi connectivity index (χ0v) is 15.6. The van der Waals surface area contributed by atoms with Crippen LogP contribution in [0.5, 0.6) is 0 Å². The Balaban J connectivity index is 1.78. The number of thiophene rings is 1. The van der Waals surface area contributed by atoms with E-state index in [1.54, 1.807) is 30.6 Å². The fourth-order valence-corrected chi connectivity index (χ4v) is 3.13. The number of aryl methyl sites for hydroxylation is 1. The van der Waals surface area contributed by atoms with Crippen LogP contribution in [0.25, 0.3) is 6.08 Å². The van der Waals surface area contributed by atoms with E-state index in [-0.39, 0.29) is 17.5 Å². The molecule has 5 nitrogen and oxygen atoms in total. The molecule has 2 N–H and O–H groups in total. The van der Waals surface area contributed by atoms with Crippen LogP contribution in [0.1, 0.15) is 26.4 Å². The number of aromatic nitrogens is 1. The lowest BCUT2D eigenvalue weighted by atomic mass is 10.1. The third-order valence-electron chi connectivity index (χ3n) is 3.91. The molecule has 0 spiro atoms. The molecule has 0 unspecified atom stereocenters. The smallest absolute Gasteiger partial charge is 0.268 e. The van der Waals surface area contributed by atoms with E-state index >= 15 is 0 Å². The van der Waals surface area contributed by atoms with E-state index in [4.69, 9.17) is 0 Å². The fourth-order valence-electron chi connectivity index (χ4n) is 2.47.